The zero-order valence-corrected chi connectivity index (χ0v) is 14.5. The molecule has 25 heavy (non-hydrogen) atoms. The Morgan fingerprint density at radius 3 is 2.72 bits per heavy atom. The summed E-state index contributed by atoms with van der Waals surface area (Å²) in [6.07, 6.45) is 6.96. The Kier molecular flexibility index (Phi) is 3.68. The second kappa shape index (κ2) is 5.66. The highest BCUT2D eigenvalue weighted by Crippen LogP contribution is 2.47. The SMILES string of the molecule is Cc1noc(C)c1C1=CC=C2NC(=O)C(O)(C3CCCCC3=O)C2C1. The first-order chi connectivity index (χ1) is 11.9. The number of hydrogen-bond acceptors (Lipinski definition) is 5. The van der Waals surface area contributed by atoms with Gasteiger partial charge in [-0.3, -0.25) is 9.59 Å². The van der Waals surface area contributed by atoms with Gasteiger partial charge in [-0.05, 0) is 44.8 Å². The molecule has 0 bridgehead atoms. The fourth-order valence-electron chi connectivity index (χ4n) is 4.59. The molecule has 1 saturated heterocycles. The van der Waals surface area contributed by atoms with Crippen LogP contribution in [0.1, 0.15) is 49.1 Å². The van der Waals surface area contributed by atoms with Crippen molar-refractivity contribution < 1.29 is 19.2 Å². The van der Waals surface area contributed by atoms with Crippen molar-refractivity contribution in [2.24, 2.45) is 11.8 Å². The van der Waals surface area contributed by atoms with E-state index >= 15 is 0 Å². The summed E-state index contributed by atoms with van der Waals surface area (Å²) in [5, 5.41) is 18.2. The van der Waals surface area contributed by atoms with Crippen LogP contribution >= 0.6 is 0 Å². The lowest BCUT2D eigenvalue weighted by molar-refractivity contribution is -0.154. The van der Waals surface area contributed by atoms with Gasteiger partial charge in [0.05, 0.1) is 11.6 Å². The maximum atomic E-state index is 12.6. The molecule has 1 aliphatic heterocycles. The molecule has 1 saturated carbocycles. The third-order valence-electron chi connectivity index (χ3n) is 5.86. The van der Waals surface area contributed by atoms with Gasteiger partial charge < -0.3 is 14.9 Å². The van der Waals surface area contributed by atoms with Gasteiger partial charge in [0, 0.05) is 23.6 Å². The summed E-state index contributed by atoms with van der Waals surface area (Å²) in [5.74, 6) is -0.784. The molecule has 0 aromatic carbocycles. The highest BCUT2D eigenvalue weighted by Gasteiger charge is 2.59. The highest BCUT2D eigenvalue weighted by atomic mass is 16.5. The molecule has 0 radical (unpaired) electrons. The minimum Gasteiger partial charge on any atom is -0.379 e. The molecule has 1 aromatic rings. The van der Waals surface area contributed by atoms with Gasteiger partial charge in [0.15, 0.2) is 5.60 Å². The number of aliphatic hydroxyl groups is 1. The zero-order valence-electron chi connectivity index (χ0n) is 14.5. The van der Waals surface area contributed by atoms with Gasteiger partial charge in [-0.25, -0.2) is 0 Å². The van der Waals surface area contributed by atoms with Crippen LogP contribution in [0.15, 0.2) is 22.4 Å². The topological polar surface area (TPSA) is 92.4 Å². The van der Waals surface area contributed by atoms with E-state index in [1.807, 2.05) is 26.0 Å². The number of aryl methyl sites for hydroxylation is 2. The van der Waals surface area contributed by atoms with Crippen LogP contribution in [-0.2, 0) is 9.59 Å². The van der Waals surface area contributed by atoms with Crippen LogP contribution in [0, 0.1) is 25.7 Å². The van der Waals surface area contributed by atoms with Gasteiger partial charge in [0.2, 0.25) is 0 Å². The molecule has 3 unspecified atom stereocenters. The van der Waals surface area contributed by atoms with Crippen molar-refractivity contribution in [2.45, 2.75) is 51.6 Å². The van der Waals surface area contributed by atoms with Gasteiger partial charge >= 0.3 is 0 Å². The van der Waals surface area contributed by atoms with Crippen molar-refractivity contribution in [1.29, 1.82) is 0 Å². The molecule has 132 valence electrons. The summed E-state index contributed by atoms with van der Waals surface area (Å²) in [5.41, 5.74) is 1.72. The van der Waals surface area contributed by atoms with Gasteiger partial charge in [-0.15, -0.1) is 0 Å². The number of carbonyl (C=O) groups excluding carboxylic acids is 2. The number of aromatic nitrogens is 1. The summed E-state index contributed by atoms with van der Waals surface area (Å²) >= 11 is 0. The summed E-state index contributed by atoms with van der Waals surface area (Å²) in [4.78, 5) is 25.1. The lowest BCUT2D eigenvalue weighted by Crippen LogP contribution is -2.53. The van der Waals surface area contributed by atoms with E-state index in [0.717, 1.165) is 35.4 Å². The molecule has 2 aliphatic carbocycles. The summed E-state index contributed by atoms with van der Waals surface area (Å²) in [6.45, 7) is 3.73. The maximum absolute atomic E-state index is 12.6. The van der Waals surface area contributed by atoms with E-state index in [1.54, 1.807) is 0 Å². The molecule has 6 heteroatoms. The van der Waals surface area contributed by atoms with Crippen LogP contribution in [0.2, 0.25) is 0 Å². The fourth-order valence-corrected chi connectivity index (χ4v) is 4.59. The number of amides is 1. The van der Waals surface area contributed by atoms with Gasteiger partial charge in [-0.1, -0.05) is 17.7 Å². The van der Waals surface area contributed by atoms with E-state index < -0.39 is 23.3 Å². The largest absolute Gasteiger partial charge is 0.379 e. The molecule has 3 aliphatic rings. The Bertz CT molecular complexity index is 800. The molecule has 6 nitrogen and oxygen atoms in total. The van der Waals surface area contributed by atoms with E-state index in [-0.39, 0.29) is 5.78 Å². The number of fused-ring (bicyclic) bond motifs is 1. The van der Waals surface area contributed by atoms with Crippen molar-refractivity contribution in [3.63, 3.8) is 0 Å². The average molecular weight is 342 g/mol. The number of nitrogens with one attached hydrogen (secondary N) is 1. The predicted octanol–water partition coefficient (Wildman–Crippen LogP) is 2.20. The van der Waals surface area contributed by atoms with E-state index in [0.29, 0.717) is 25.0 Å². The Morgan fingerprint density at radius 1 is 1.24 bits per heavy atom. The zero-order chi connectivity index (χ0) is 17.8. The number of Topliss-reactive ketones (excluding diaryl/α,β-unsaturated/α-hetero) is 1. The molecule has 0 spiro atoms. The predicted molar refractivity (Wildman–Crippen MR) is 90.2 cm³/mol. The minimum absolute atomic E-state index is 0.00130. The van der Waals surface area contributed by atoms with Gasteiger partial charge in [0.1, 0.15) is 11.5 Å². The van der Waals surface area contributed by atoms with Gasteiger partial charge in [0.25, 0.3) is 5.91 Å². The Balaban J connectivity index is 1.71. The lowest BCUT2D eigenvalue weighted by Gasteiger charge is -2.37. The van der Waals surface area contributed by atoms with Gasteiger partial charge in [-0.2, -0.15) is 0 Å². The Hall–Kier alpha value is -2.21. The van der Waals surface area contributed by atoms with Crippen molar-refractivity contribution in [3.05, 3.63) is 34.9 Å². The molecule has 4 rings (SSSR count). The first kappa shape index (κ1) is 16.3. The third kappa shape index (κ3) is 2.31. The van der Waals surface area contributed by atoms with Crippen molar-refractivity contribution >= 4 is 17.3 Å². The first-order valence-corrected chi connectivity index (χ1v) is 8.83. The van der Waals surface area contributed by atoms with Crippen LogP contribution < -0.4 is 5.32 Å². The quantitative estimate of drug-likeness (QED) is 0.859. The smallest absolute Gasteiger partial charge is 0.257 e. The fraction of sp³-hybridized carbons (Fsp3) is 0.526. The first-order valence-electron chi connectivity index (χ1n) is 8.83. The van der Waals surface area contributed by atoms with Crippen LogP contribution in [0.4, 0.5) is 0 Å². The van der Waals surface area contributed by atoms with E-state index in [2.05, 4.69) is 10.5 Å². The van der Waals surface area contributed by atoms with Crippen LogP contribution in [-0.4, -0.2) is 27.6 Å². The minimum atomic E-state index is -1.66. The Morgan fingerprint density at radius 2 is 2.04 bits per heavy atom. The normalized spacial score (nSPS) is 32.1. The molecule has 1 amide bonds. The molecular formula is C19H22N2O4. The standard InChI is InChI=1S/C19H22N2O4/c1-10-17(11(2)25-21-10)12-7-8-15-14(9-12)19(24,18(23)20-15)13-5-3-4-6-16(13)22/h7-8,13-14,24H,3-6,9H2,1-2H3,(H,20,23). The number of hydrogen-bond donors (Lipinski definition) is 2. The average Bonchev–Trinajstić information content (AvgIpc) is 3.05. The summed E-state index contributed by atoms with van der Waals surface area (Å²) in [7, 11) is 0. The molecule has 2 N–H and O–H groups in total. The highest BCUT2D eigenvalue weighted by molar-refractivity contribution is 5.98. The summed E-state index contributed by atoms with van der Waals surface area (Å²) in [6, 6.07) is 0. The maximum Gasteiger partial charge on any atom is 0.257 e. The van der Waals surface area contributed by atoms with Crippen LogP contribution in [0.25, 0.3) is 5.57 Å². The van der Waals surface area contributed by atoms with Crippen LogP contribution in [0.3, 0.4) is 0 Å². The van der Waals surface area contributed by atoms with E-state index in [1.165, 1.54) is 0 Å². The Labute approximate surface area is 146 Å². The summed E-state index contributed by atoms with van der Waals surface area (Å²) < 4.78 is 5.26. The monoisotopic (exact) mass is 342 g/mol. The van der Waals surface area contributed by atoms with E-state index in [9.17, 15) is 14.7 Å². The van der Waals surface area contributed by atoms with Crippen molar-refractivity contribution in [1.82, 2.24) is 10.5 Å². The molecule has 1 aromatic heterocycles. The number of nitrogens with zero attached hydrogens (tertiary/aromatic N) is 1. The number of allylic oxidation sites excluding steroid dienone is 3. The lowest BCUT2D eigenvalue weighted by atomic mass is 9.67. The number of rotatable bonds is 2. The second-order valence-corrected chi connectivity index (χ2v) is 7.31. The molecule has 3 atom stereocenters. The molecule has 2 heterocycles. The van der Waals surface area contributed by atoms with Crippen molar-refractivity contribution in [3.8, 4) is 0 Å². The van der Waals surface area contributed by atoms with E-state index in [4.69, 9.17) is 4.52 Å². The number of carbonyl (C=O) groups is 2. The van der Waals surface area contributed by atoms with Crippen LogP contribution in [0.5, 0.6) is 0 Å². The molecular weight excluding hydrogens is 320 g/mol. The van der Waals surface area contributed by atoms with Crippen molar-refractivity contribution in [2.75, 3.05) is 0 Å². The third-order valence-corrected chi connectivity index (χ3v) is 5.86. The number of ketones is 1. The molecule has 2 fully saturated rings. The second-order valence-electron chi connectivity index (χ2n) is 7.31.